The second-order valence-corrected chi connectivity index (χ2v) is 7.42. The summed E-state index contributed by atoms with van der Waals surface area (Å²) in [6.07, 6.45) is 2.66. The highest BCUT2D eigenvalue weighted by molar-refractivity contribution is 7.17. The molecule has 3 aromatic rings. The fraction of sp³-hybridized carbons (Fsp3) is 0.353. The molecule has 136 valence electrons. The molecule has 7 nitrogen and oxygen atoms in total. The van der Waals surface area contributed by atoms with Gasteiger partial charge in [-0.2, -0.15) is 9.61 Å². The number of fused-ring (bicyclic) bond motifs is 1. The molecule has 26 heavy (non-hydrogen) atoms. The van der Waals surface area contributed by atoms with Crippen molar-refractivity contribution >= 4 is 22.2 Å². The number of likely N-dealkylation sites (tertiary alicyclic amines) is 1. The van der Waals surface area contributed by atoms with Crippen molar-refractivity contribution in [2.24, 2.45) is 11.7 Å². The topological polar surface area (TPSA) is 96.8 Å². The Morgan fingerprint density at radius 2 is 2.15 bits per heavy atom. The molecule has 1 fully saturated rings. The summed E-state index contributed by atoms with van der Waals surface area (Å²) in [7, 11) is 0. The third kappa shape index (κ3) is 2.93. The van der Waals surface area contributed by atoms with Gasteiger partial charge in [-0.15, -0.1) is 0 Å². The van der Waals surface area contributed by atoms with Crippen molar-refractivity contribution in [3.05, 3.63) is 46.9 Å². The maximum Gasteiger partial charge on any atom is 0.230 e. The van der Waals surface area contributed by atoms with Crippen LogP contribution in [0.15, 0.2) is 30.6 Å². The lowest BCUT2D eigenvalue weighted by Gasteiger charge is -2.36. The molecule has 0 aliphatic carbocycles. The number of piperidine rings is 1. The second-order valence-electron chi connectivity index (χ2n) is 6.41. The molecule has 4 rings (SSSR count). The first-order valence-electron chi connectivity index (χ1n) is 8.35. The summed E-state index contributed by atoms with van der Waals surface area (Å²) in [5, 5.41) is 14.7. The van der Waals surface area contributed by atoms with E-state index in [-0.39, 0.29) is 29.6 Å². The molecule has 0 spiro atoms. The summed E-state index contributed by atoms with van der Waals surface area (Å²) >= 11 is 1.32. The number of primary amides is 1. The Hall–Kier alpha value is -2.52. The van der Waals surface area contributed by atoms with Gasteiger partial charge in [0.05, 0.1) is 10.9 Å². The zero-order chi connectivity index (χ0) is 18.3. The van der Waals surface area contributed by atoms with Crippen LogP contribution in [0.5, 0.6) is 5.88 Å². The molecular formula is C17H18FN5O2S. The van der Waals surface area contributed by atoms with Gasteiger partial charge in [-0.3, -0.25) is 9.69 Å². The van der Waals surface area contributed by atoms with Crippen LogP contribution in [-0.4, -0.2) is 43.6 Å². The van der Waals surface area contributed by atoms with Gasteiger partial charge in [0, 0.05) is 5.92 Å². The van der Waals surface area contributed by atoms with Gasteiger partial charge in [-0.25, -0.2) is 9.37 Å². The van der Waals surface area contributed by atoms with Crippen LogP contribution in [-0.2, 0) is 4.79 Å². The maximum atomic E-state index is 13.9. The fourth-order valence-electron chi connectivity index (χ4n) is 3.52. The lowest BCUT2D eigenvalue weighted by atomic mass is 9.93. The third-order valence-corrected chi connectivity index (χ3v) is 5.94. The number of nitrogens with zero attached hydrogens (tertiary/aromatic N) is 4. The average molecular weight is 375 g/mol. The van der Waals surface area contributed by atoms with Crippen molar-refractivity contribution in [3.63, 3.8) is 0 Å². The van der Waals surface area contributed by atoms with E-state index in [1.807, 2.05) is 6.07 Å². The molecule has 1 aliphatic rings. The van der Waals surface area contributed by atoms with Crippen molar-refractivity contribution < 1.29 is 14.3 Å². The lowest BCUT2D eigenvalue weighted by Crippen LogP contribution is -2.40. The molecular weight excluding hydrogens is 357 g/mol. The van der Waals surface area contributed by atoms with Crippen LogP contribution in [0, 0.1) is 11.7 Å². The van der Waals surface area contributed by atoms with Crippen molar-refractivity contribution in [1.82, 2.24) is 19.5 Å². The Bertz CT molecular complexity index is 948. The third-order valence-electron chi connectivity index (χ3n) is 4.85. The molecule has 9 heteroatoms. The summed E-state index contributed by atoms with van der Waals surface area (Å²) in [5.74, 6) is -0.754. The van der Waals surface area contributed by atoms with Gasteiger partial charge in [0.25, 0.3) is 0 Å². The number of halogens is 1. The zero-order valence-electron chi connectivity index (χ0n) is 13.9. The zero-order valence-corrected chi connectivity index (χ0v) is 14.7. The SMILES string of the molecule is NC(=O)C1CCN(C(c2cccc(F)c2)c2sc3ncnn3c2O)CC1. The fourth-order valence-corrected chi connectivity index (χ4v) is 4.61. The van der Waals surface area contributed by atoms with Crippen LogP contribution in [0.2, 0.25) is 0 Å². The summed E-state index contributed by atoms with van der Waals surface area (Å²) < 4.78 is 15.2. The van der Waals surface area contributed by atoms with Crippen molar-refractivity contribution in [1.29, 1.82) is 0 Å². The number of benzene rings is 1. The average Bonchev–Trinajstić information content (AvgIpc) is 3.20. The number of aromatic nitrogens is 3. The minimum Gasteiger partial charge on any atom is -0.492 e. The van der Waals surface area contributed by atoms with E-state index in [0.29, 0.717) is 35.8 Å². The number of nitrogens with two attached hydrogens (primary N) is 1. The van der Waals surface area contributed by atoms with E-state index >= 15 is 0 Å². The summed E-state index contributed by atoms with van der Waals surface area (Å²) in [6, 6.07) is 6.02. The van der Waals surface area contributed by atoms with Crippen molar-refractivity contribution in [2.45, 2.75) is 18.9 Å². The predicted molar refractivity (Wildman–Crippen MR) is 94.3 cm³/mol. The Labute approximate surface area is 152 Å². The maximum absolute atomic E-state index is 13.9. The van der Waals surface area contributed by atoms with E-state index in [1.165, 1.54) is 34.3 Å². The number of carbonyl (C=O) groups is 1. The van der Waals surface area contributed by atoms with Gasteiger partial charge in [0.15, 0.2) is 0 Å². The highest BCUT2D eigenvalue weighted by Gasteiger charge is 2.33. The minimum atomic E-state index is -0.340. The van der Waals surface area contributed by atoms with Crippen LogP contribution in [0.25, 0.3) is 4.96 Å². The molecule has 0 bridgehead atoms. The van der Waals surface area contributed by atoms with Crippen LogP contribution in [0.3, 0.4) is 0 Å². The molecule has 0 saturated carbocycles. The molecule has 0 radical (unpaired) electrons. The van der Waals surface area contributed by atoms with Gasteiger partial charge in [0.2, 0.25) is 16.7 Å². The number of aromatic hydroxyl groups is 1. The Balaban J connectivity index is 1.74. The van der Waals surface area contributed by atoms with Gasteiger partial charge in [-0.05, 0) is 43.6 Å². The highest BCUT2D eigenvalue weighted by Crippen LogP contribution is 2.41. The van der Waals surface area contributed by atoms with E-state index in [1.54, 1.807) is 6.07 Å². The molecule has 1 amide bonds. The number of rotatable bonds is 4. The van der Waals surface area contributed by atoms with E-state index in [0.717, 1.165) is 5.56 Å². The molecule has 1 atom stereocenters. The van der Waals surface area contributed by atoms with E-state index < -0.39 is 0 Å². The molecule has 1 aromatic carbocycles. The number of hydrogen-bond donors (Lipinski definition) is 2. The predicted octanol–water partition coefficient (Wildman–Crippen LogP) is 1.92. The number of thiazole rings is 1. The van der Waals surface area contributed by atoms with Gasteiger partial charge >= 0.3 is 0 Å². The first kappa shape index (κ1) is 16.9. The normalized spacial score (nSPS) is 17.6. The van der Waals surface area contributed by atoms with Gasteiger partial charge in [0.1, 0.15) is 12.1 Å². The first-order chi connectivity index (χ1) is 12.5. The quantitative estimate of drug-likeness (QED) is 0.726. The van der Waals surface area contributed by atoms with Crippen LogP contribution in [0.1, 0.15) is 29.3 Å². The molecule has 1 aliphatic heterocycles. The Morgan fingerprint density at radius 1 is 1.38 bits per heavy atom. The second kappa shape index (κ2) is 6.65. The van der Waals surface area contributed by atoms with E-state index in [4.69, 9.17) is 5.73 Å². The summed E-state index contributed by atoms with van der Waals surface area (Å²) in [5.41, 5.74) is 6.17. The summed E-state index contributed by atoms with van der Waals surface area (Å²) in [4.78, 5) is 18.9. The number of carbonyl (C=O) groups excluding carboxylic acids is 1. The monoisotopic (exact) mass is 375 g/mol. The summed E-state index contributed by atoms with van der Waals surface area (Å²) in [6.45, 7) is 1.25. The molecule has 1 unspecified atom stereocenters. The number of amides is 1. The largest absolute Gasteiger partial charge is 0.492 e. The molecule has 1 saturated heterocycles. The molecule has 3 N–H and O–H groups in total. The van der Waals surface area contributed by atoms with Crippen molar-refractivity contribution in [2.75, 3.05) is 13.1 Å². The van der Waals surface area contributed by atoms with Crippen LogP contribution in [0.4, 0.5) is 4.39 Å². The van der Waals surface area contributed by atoms with E-state index in [2.05, 4.69) is 15.0 Å². The highest BCUT2D eigenvalue weighted by atomic mass is 32.1. The van der Waals surface area contributed by atoms with Gasteiger partial charge in [-0.1, -0.05) is 23.5 Å². The van der Waals surface area contributed by atoms with E-state index in [9.17, 15) is 14.3 Å². The standard InChI is InChI=1S/C17H18FN5O2S/c18-12-3-1-2-11(8-12)13(22-6-4-10(5-7-22)15(19)24)14-16(25)23-17(26-14)20-9-21-23/h1-3,8-10,13,25H,4-7H2,(H2,19,24). The Morgan fingerprint density at radius 3 is 2.81 bits per heavy atom. The minimum absolute atomic E-state index is 0.00814. The Kier molecular flexibility index (Phi) is 4.33. The lowest BCUT2D eigenvalue weighted by molar-refractivity contribution is -0.123. The number of hydrogen-bond acceptors (Lipinski definition) is 6. The van der Waals surface area contributed by atoms with Crippen molar-refractivity contribution in [3.8, 4) is 5.88 Å². The van der Waals surface area contributed by atoms with Gasteiger partial charge < -0.3 is 10.8 Å². The molecule has 3 heterocycles. The van der Waals surface area contributed by atoms with Crippen LogP contribution < -0.4 is 5.73 Å². The molecule has 2 aromatic heterocycles. The first-order valence-corrected chi connectivity index (χ1v) is 9.16. The van der Waals surface area contributed by atoms with Crippen LogP contribution >= 0.6 is 11.3 Å². The smallest absolute Gasteiger partial charge is 0.230 e.